The Morgan fingerprint density at radius 1 is 1.20 bits per heavy atom. The lowest BCUT2D eigenvalue weighted by Gasteiger charge is -2.55. The Hall–Kier alpha value is -1.25. The summed E-state index contributed by atoms with van der Waals surface area (Å²) < 4.78 is 10.9. The molecule has 20 heavy (non-hydrogen) atoms. The van der Waals surface area contributed by atoms with Gasteiger partial charge >= 0.3 is 5.97 Å². The number of hydrogen-bond acceptors (Lipinski definition) is 3. The zero-order valence-corrected chi connectivity index (χ0v) is 12.1. The summed E-state index contributed by atoms with van der Waals surface area (Å²) in [5.74, 6) is 3.74. The van der Waals surface area contributed by atoms with Crippen LogP contribution in [0.5, 0.6) is 0 Å². The number of rotatable bonds is 3. The molecule has 4 fully saturated rings. The van der Waals surface area contributed by atoms with E-state index in [-0.39, 0.29) is 11.4 Å². The molecule has 0 aromatic carbocycles. The van der Waals surface area contributed by atoms with E-state index in [0.717, 1.165) is 23.5 Å². The lowest BCUT2D eigenvalue weighted by atomic mass is 9.49. The quantitative estimate of drug-likeness (QED) is 0.784. The third-order valence-corrected chi connectivity index (χ3v) is 5.64. The number of ether oxygens (including phenoxy) is 1. The van der Waals surface area contributed by atoms with Gasteiger partial charge in [-0.3, -0.25) is 0 Å². The van der Waals surface area contributed by atoms with E-state index in [0.29, 0.717) is 12.4 Å². The van der Waals surface area contributed by atoms with E-state index in [4.69, 9.17) is 9.15 Å². The van der Waals surface area contributed by atoms with E-state index in [9.17, 15) is 4.79 Å². The van der Waals surface area contributed by atoms with Gasteiger partial charge in [0.1, 0.15) is 5.76 Å². The van der Waals surface area contributed by atoms with Crippen molar-refractivity contribution in [2.24, 2.45) is 17.8 Å². The van der Waals surface area contributed by atoms with Crippen molar-refractivity contribution in [1.82, 2.24) is 0 Å². The van der Waals surface area contributed by atoms with Crippen LogP contribution in [0.15, 0.2) is 16.5 Å². The van der Waals surface area contributed by atoms with Gasteiger partial charge < -0.3 is 9.15 Å². The molecule has 0 N–H and O–H groups in total. The van der Waals surface area contributed by atoms with Crippen LogP contribution in [0.4, 0.5) is 0 Å². The molecule has 1 aromatic rings. The molecule has 0 aliphatic heterocycles. The maximum atomic E-state index is 11.8. The molecule has 0 atom stereocenters. The second-order valence-electron chi connectivity index (χ2n) is 7.08. The van der Waals surface area contributed by atoms with Crippen molar-refractivity contribution in [2.45, 2.75) is 50.9 Å². The molecule has 108 valence electrons. The summed E-state index contributed by atoms with van der Waals surface area (Å²) in [4.78, 5) is 11.8. The van der Waals surface area contributed by atoms with Crippen molar-refractivity contribution >= 4 is 5.97 Å². The van der Waals surface area contributed by atoms with E-state index >= 15 is 0 Å². The van der Waals surface area contributed by atoms with Crippen molar-refractivity contribution in [1.29, 1.82) is 0 Å². The lowest BCUT2D eigenvalue weighted by Crippen LogP contribution is -2.48. The molecule has 4 aliphatic carbocycles. The molecule has 0 saturated heterocycles. The standard InChI is InChI=1S/C17H22O3/c1-2-19-16(18)14-3-4-15(20-14)17-8-11-5-12(9-17)7-13(6-11)10-17/h3-4,11-13H,2,5-10H2,1H3. The molecule has 0 amide bonds. The minimum atomic E-state index is -0.330. The second-order valence-corrected chi connectivity index (χ2v) is 7.08. The van der Waals surface area contributed by atoms with Crippen LogP contribution >= 0.6 is 0 Å². The Kier molecular flexibility index (Phi) is 2.73. The van der Waals surface area contributed by atoms with Crippen LogP contribution in [0.2, 0.25) is 0 Å². The number of carbonyl (C=O) groups excluding carboxylic acids is 1. The number of esters is 1. The molecule has 5 rings (SSSR count). The molecule has 4 saturated carbocycles. The Morgan fingerprint density at radius 2 is 1.80 bits per heavy atom. The van der Waals surface area contributed by atoms with E-state index in [2.05, 4.69) is 0 Å². The van der Waals surface area contributed by atoms with E-state index in [1.165, 1.54) is 38.5 Å². The number of furan rings is 1. The fourth-order valence-electron chi connectivity index (χ4n) is 5.35. The Labute approximate surface area is 119 Å². The second kappa shape index (κ2) is 4.37. The van der Waals surface area contributed by atoms with Gasteiger partial charge in [-0.25, -0.2) is 4.79 Å². The Balaban J connectivity index is 1.62. The Bertz CT molecular complexity index is 493. The first-order valence-corrected chi connectivity index (χ1v) is 7.96. The largest absolute Gasteiger partial charge is 0.460 e. The molecule has 1 aromatic heterocycles. The van der Waals surface area contributed by atoms with Gasteiger partial charge in [-0.05, 0) is 75.3 Å². The topological polar surface area (TPSA) is 39.4 Å². The van der Waals surface area contributed by atoms with Gasteiger partial charge in [0, 0.05) is 5.41 Å². The van der Waals surface area contributed by atoms with Crippen LogP contribution in [-0.2, 0) is 10.2 Å². The van der Waals surface area contributed by atoms with E-state index in [1.807, 2.05) is 13.0 Å². The summed E-state index contributed by atoms with van der Waals surface area (Å²) in [6.07, 6.45) is 8.04. The monoisotopic (exact) mass is 274 g/mol. The number of carbonyl (C=O) groups is 1. The van der Waals surface area contributed by atoms with Crippen molar-refractivity contribution < 1.29 is 13.9 Å². The average molecular weight is 274 g/mol. The summed E-state index contributed by atoms with van der Waals surface area (Å²) in [6, 6.07) is 3.82. The minimum Gasteiger partial charge on any atom is -0.460 e. The molecule has 0 radical (unpaired) electrons. The Morgan fingerprint density at radius 3 is 2.35 bits per heavy atom. The number of hydrogen-bond donors (Lipinski definition) is 0. The molecular weight excluding hydrogens is 252 g/mol. The van der Waals surface area contributed by atoms with E-state index < -0.39 is 0 Å². The van der Waals surface area contributed by atoms with Gasteiger partial charge in [0.25, 0.3) is 0 Å². The third kappa shape index (κ3) is 1.82. The van der Waals surface area contributed by atoms with Gasteiger partial charge in [-0.1, -0.05) is 0 Å². The molecule has 0 spiro atoms. The SMILES string of the molecule is CCOC(=O)c1ccc(C23CC4CC(CC(C4)C2)C3)o1. The van der Waals surface area contributed by atoms with Gasteiger partial charge in [0.05, 0.1) is 6.61 Å². The molecule has 4 aliphatic rings. The van der Waals surface area contributed by atoms with Crippen LogP contribution in [0.1, 0.15) is 61.8 Å². The summed E-state index contributed by atoms with van der Waals surface area (Å²) in [5.41, 5.74) is 0.222. The van der Waals surface area contributed by atoms with Crippen LogP contribution < -0.4 is 0 Å². The summed E-state index contributed by atoms with van der Waals surface area (Å²) >= 11 is 0. The third-order valence-electron chi connectivity index (χ3n) is 5.64. The fourth-order valence-corrected chi connectivity index (χ4v) is 5.35. The maximum absolute atomic E-state index is 11.8. The summed E-state index contributed by atoms with van der Waals surface area (Å²) in [6.45, 7) is 2.22. The van der Waals surface area contributed by atoms with Gasteiger partial charge in [0.2, 0.25) is 5.76 Å². The highest BCUT2D eigenvalue weighted by Crippen LogP contribution is 2.60. The lowest BCUT2D eigenvalue weighted by molar-refractivity contribution is -0.0158. The predicted octanol–water partition coefficient (Wildman–Crippen LogP) is 3.92. The average Bonchev–Trinajstić information content (AvgIpc) is 2.87. The van der Waals surface area contributed by atoms with Crippen LogP contribution in [0, 0.1) is 17.8 Å². The highest BCUT2D eigenvalue weighted by atomic mass is 16.5. The van der Waals surface area contributed by atoms with Crippen LogP contribution in [-0.4, -0.2) is 12.6 Å². The first-order chi connectivity index (χ1) is 9.68. The summed E-state index contributed by atoms with van der Waals surface area (Å²) in [5, 5.41) is 0. The van der Waals surface area contributed by atoms with Crippen molar-refractivity contribution in [2.75, 3.05) is 6.61 Å². The summed E-state index contributed by atoms with van der Waals surface area (Å²) in [7, 11) is 0. The van der Waals surface area contributed by atoms with Gasteiger partial charge in [-0.2, -0.15) is 0 Å². The zero-order valence-electron chi connectivity index (χ0n) is 12.1. The van der Waals surface area contributed by atoms with Crippen LogP contribution in [0.3, 0.4) is 0 Å². The maximum Gasteiger partial charge on any atom is 0.374 e. The highest BCUT2D eigenvalue weighted by molar-refractivity contribution is 5.86. The molecule has 3 nitrogen and oxygen atoms in total. The minimum absolute atomic E-state index is 0.222. The molecule has 0 unspecified atom stereocenters. The molecule has 4 bridgehead atoms. The van der Waals surface area contributed by atoms with Crippen molar-refractivity contribution in [3.8, 4) is 0 Å². The smallest absolute Gasteiger partial charge is 0.374 e. The highest BCUT2D eigenvalue weighted by Gasteiger charge is 2.53. The van der Waals surface area contributed by atoms with Crippen molar-refractivity contribution in [3.05, 3.63) is 23.7 Å². The first-order valence-electron chi connectivity index (χ1n) is 7.96. The molecule has 1 heterocycles. The normalized spacial score (nSPS) is 38.1. The zero-order chi connectivity index (χ0) is 13.7. The van der Waals surface area contributed by atoms with Gasteiger partial charge in [-0.15, -0.1) is 0 Å². The van der Waals surface area contributed by atoms with Crippen LogP contribution in [0.25, 0.3) is 0 Å². The molecule has 3 heteroatoms. The molecular formula is C17H22O3. The van der Waals surface area contributed by atoms with E-state index in [1.54, 1.807) is 6.07 Å². The fraction of sp³-hybridized carbons (Fsp3) is 0.706. The first kappa shape index (κ1) is 12.5. The van der Waals surface area contributed by atoms with Crippen molar-refractivity contribution in [3.63, 3.8) is 0 Å². The van der Waals surface area contributed by atoms with Gasteiger partial charge in [0.15, 0.2) is 0 Å². The predicted molar refractivity (Wildman–Crippen MR) is 74.5 cm³/mol.